The molecule has 0 atom stereocenters. The zero-order valence-corrected chi connectivity index (χ0v) is 15.6. The number of rotatable bonds is 7. The smallest absolute Gasteiger partial charge is 0.00914 e. The topological polar surface area (TPSA) is 15.3 Å². The summed E-state index contributed by atoms with van der Waals surface area (Å²) < 4.78 is 0. The number of halogens is 2. The lowest BCUT2D eigenvalue weighted by Gasteiger charge is -2.32. The van der Waals surface area contributed by atoms with Gasteiger partial charge in [0.1, 0.15) is 0 Å². The van der Waals surface area contributed by atoms with Crippen molar-refractivity contribution in [2.24, 2.45) is 5.92 Å². The number of nitrogens with one attached hydrogen (secondary N) is 1. The first-order chi connectivity index (χ1) is 9.74. The molecule has 1 aromatic carbocycles. The molecule has 0 amide bonds. The zero-order valence-electron chi connectivity index (χ0n) is 14.0. The second-order valence-electron chi connectivity index (χ2n) is 6.49. The molecule has 0 aliphatic carbocycles. The van der Waals surface area contributed by atoms with Gasteiger partial charge in [0.05, 0.1) is 0 Å². The molecular weight excluding hydrogens is 315 g/mol. The van der Waals surface area contributed by atoms with Gasteiger partial charge < -0.3 is 10.2 Å². The number of benzene rings is 1. The maximum atomic E-state index is 3.72. The Labute approximate surface area is 148 Å². The van der Waals surface area contributed by atoms with Gasteiger partial charge in [0.25, 0.3) is 0 Å². The molecule has 1 saturated heterocycles. The van der Waals surface area contributed by atoms with Crippen molar-refractivity contribution >= 4 is 24.8 Å². The molecule has 0 unspecified atom stereocenters. The lowest BCUT2D eigenvalue weighted by molar-refractivity contribution is 0.199. The Bertz CT molecular complexity index is 363. The minimum absolute atomic E-state index is 0. The van der Waals surface area contributed by atoms with Crippen LogP contribution in [0, 0.1) is 5.92 Å². The molecule has 0 radical (unpaired) electrons. The van der Waals surface area contributed by atoms with Crippen LogP contribution in [0.1, 0.15) is 38.7 Å². The van der Waals surface area contributed by atoms with E-state index >= 15 is 0 Å². The molecule has 0 saturated carbocycles. The predicted molar refractivity (Wildman–Crippen MR) is 102 cm³/mol. The minimum Gasteiger partial charge on any atom is -0.314 e. The van der Waals surface area contributed by atoms with E-state index in [-0.39, 0.29) is 24.8 Å². The van der Waals surface area contributed by atoms with E-state index in [0.717, 1.165) is 12.0 Å². The number of hydrogen-bond acceptors (Lipinski definition) is 2. The molecule has 128 valence electrons. The summed E-state index contributed by atoms with van der Waals surface area (Å²) in [4.78, 5) is 2.62. The van der Waals surface area contributed by atoms with Gasteiger partial charge in [-0.25, -0.2) is 0 Å². The second-order valence-corrected chi connectivity index (χ2v) is 6.49. The van der Waals surface area contributed by atoms with E-state index < -0.39 is 0 Å². The summed E-state index contributed by atoms with van der Waals surface area (Å²) in [7, 11) is 0. The van der Waals surface area contributed by atoms with E-state index in [1.807, 2.05) is 0 Å². The van der Waals surface area contributed by atoms with Crippen LogP contribution in [0.5, 0.6) is 0 Å². The fourth-order valence-electron chi connectivity index (χ4n) is 2.87. The zero-order chi connectivity index (χ0) is 14.2. The quantitative estimate of drug-likeness (QED) is 0.796. The third kappa shape index (κ3) is 8.38. The fraction of sp³-hybridized carbons (Fsp3) is 0.667. The average molecular weight is 347 g/mol. The van der Waals surface area contributed by atoms with E-state index in [0.29, 0.717) is 0 Å². The summed E-state index contributed by atoms with van der Waals surface area (Å²) in [6.07, 6.45) is 5.11. The number of hydrogen-bond donors (Lipinski definition) is 1. The third-order valence-corrected chi connectivity index (χ3v) is 4.30. The normalized spacial score (nSPS) is 16.1. The van der Waals surface area contributed by atoms with Crippen molar-refractivity contribution in [3.63, 3.8) is 0 Å². The van der Waals surface area contributed by atoms with Crippen LogP contribution in [-0.2, 0) is 6.42 Å². The average Bonchev–Trinajstić information content (AvgIpc) is 2.47. The van der Waals surface area contributed by atoms with Crippen molar-refractivity contribution in [3.05, 3.63) is 35.9 Å². The number of nitrogens with zero attached hydrogens (tertiary/aromatic N) is 1. The molecule has 2 rings (SSSR count). The summed E-state index contributed by atoms with van der Waals surface area (Å²) in [5, 5.41) is 3.72. The molecule has 1 aliphatic rings. The molecule has 1 N–H and O–H groups in total. The first-order valence-corrected chi connectivity index (χ1v) is 8.23. The lowest BCUT2D eigenvalue weighted by atomic mass is 10.0. The van der Waals surface area contributed by atoms with Crippen LogP contribution in [0.4, 0.5) is 0 Å². The Morgan fingerprint density at radius 3 is 2.32 bits per heavy atom. The molecule has 0 bridgehead atoms. The van der Waals surface area contributed by atoms with Gasteiger partial charge in [-0.05, 0) is 56.8 Å². The highest BCUT2D eigenvalue weighted by Crippen LogP contribution is 2.12. The monoisotopic (exact) mass is 346 g/mol. The standard InChI is InChI=1S/C18H30N2.2ClH/c1-16(2)8-12-19-18-10-14-20(15-11-18)13-9-17-6-4-3-5-7-17;;/h3-7,16,18-19H,8-15H2,1-2H3;2*1H. The Morgan fingerprint density at radius 1 is 1.09 bits per heavy atom. The molecule has 2 nitrogen and oxygen atoms in total. The lowest BCUT2D eigenvalue weighted by Crippen LogP contribution is -2.43. The highest BCUT2D eigenvalue weighted by atomic mass is 35.5. The van der Waals surface area contributed by atoms with Crippen molar-refractivity contribution in [2.45, 2.75) is 45.6 Å². The van der Waals surface area contributed by atoms with Crippen molar-refractivity contribution < 1.29 is 0 Å². The van der Waals surface area contributed by atoms with Gasteiger partial charge in [0.15, 0.2) is 0 Å². The van der Waals surface area contributed by atoms with E-state index in [1.54, 1.807) is 0 Å². The van der Waals surface area contributed by atoms with Crippen LogP contribution < -0.4 is 5.32 Å². The molecule has 1 fully saturated rings. The molecule has 1 aromatic rings. The largest absolute Gasteiger partial charge is 0.314 e. The predicted octanol–water partition coefficient (Wildman–Crippen LogP) is 4.17. The maximum Gasteiger partial charge on any atom is 0.00914 e. The SMILES string of the molecule is CC(C)CCNC1CCN(CCc2ccccc2)CC1.Cl.Cl. The highest BCUT2D eigenvalue weighted by Gasteiger charge is 2.18. The van der Waals surface area contributed by atoms with Crippen LogP contribution in [-0.4, -0.2) is 37.1 Å². The van der Waals surface area contributed by atoms with E-state index in [9.17, 15) is 0 Å². The molecular formula is C18H32Cl2N2. The number of likely N-dealkylation sites (tertiary alicyclic amines) is 1. The maximum absolute atomic E-state index is 3.72. The van der Waals surface area contributed by atoms with Crippen LogP contribution >= 0.6 is 24.8 Å². The van der Waals surface area contributed by atoms with Crippen molar-refractivity contribution in [2.75, 3.05) is 26.2 Å². The van der Waals surface area contributed by atoms with E-state index in [4.69, 9.17) is 0 Å². The molecule has 0 aromatic heterocycles. The third-order valence-electron chi connectivity index (χ3n) is 4.30. The number of piperidine rings is 1. The van der Waals surface area contributed by atoms with E-state index in [1.165, 1.54) is 57.4 Å². The van der Waals surface area contributed by atoms with Crippen LogP contribution in [0.15, 0.2) is 30.3 Å². The van der Waals surface area contributed by atoms with Crippen molar-refractivity contribution in [3.8, 4) is 0 Å². The molecule has 1 heterocycles. The van der Waals surface area contributed by atoms with Crippen molar-refractivity contribution in [1.82, 2.24) is 10.2 Å². The van der Waals surface area contributed by atoms with E-state index in [2.05, 4.69) is 54.4 Å². The Balaban J connectivity index is 0.00000220. The first kappa shape index (κ1) is 21.7. The van der Waals surface area contributed by atoms with Gasteiger partial charge >= 0.3 is 0 Å². The Morgan fingerprint density at radius 2 is 1.73 bits per heavy atom. The molecule has 22 heavy (non-hydrogen) atoms. The summed E-state index contributed by atoms with van der Waals surface area (Å²) in [6.45, 7) is 9.51. The van der Waals surface area contributed by atoms with Gasteiger partial charge in [-0.2, -0.15) is 0 Å². The summed E-state index contributed by atoms with van der Waals surface area (Å²) in [6, 6.07) is 11.6. The summed E-state index contributed by atoms with van der Waals surface area (Å²) in [5.41, 5.74) is 1.46. The van der Waals surface area contributed by atoms with Gasteiger partial charge in [-0.15, -0.1) is 24.8 Å². The second kappa shape index (κ2) is 12.2. The molecule has 1 aliphatic heterocycles. The molecule has 4 heteroatoms. The highest BCUT2D eigenvalue weighted by molar-refractivity contribution is 5.85. The fourth-order valence-corrected chi connectivity index (χ4v) is 2.87. The van der Waals surface area contributed by atoms with Crippen LogP contribution in [0.25, 0.3) is 0 Å². The van der Waals surface area contributed by atoms with Gasteiger partial charge in [0, 0.05) is 12.6 Å². The van der Waals surface area contributed by atoms with Crippen molar-refractivity contribution in [1.29, 1.82) is 0 Å². The summed E-state index contributed by atoms with van der Waals surface area (Å²) in [5.74, 6) is 0.813. The Kier molecular flexibility index (Phi) is 12.0. The Hall–Kier alpha value is -0.280. The van der Waals surface area contributed by atoms with Crippen LogP contribution in [0.2, 0.25) is 0 Å². The van der Waals surface area contributed by atoms with Gasteiger partial charge in [0.2, 0.25) is 0 Å². The van der Waals surface area contributed by atoms with Gasteiger partial charge in [-0.3, -0.25) is 0 Å². The van der Waals surface area contributed by atoms with Gasteiger partial charge in [-0.1, -0.05) is 44.2 Å². The minimum atomic E-state index is 0. The first-order valence-electron chi connectivity index (χ1n) is 8.23. The summed E-state index contributed by atoms with van der Waals surface area (Å²) >= 11 is 0. The van der Waals surface area contributed by atoms with Crippen LogP contribution in [0.3, 0.4) is 0 Å². The molecule has 0 spiro atoms.